The fraction of sp³-hybridized carbons (Fsp3) is 0.231. The highest BCUT2D eigenvalue weighted by Crippen LogP contribution is 2.41. The fourth-order valence-electron chi connectivity index (χ4n) is 1.80. The van der Waals surface area contributed by atoms with Crippen molar-refractivity contribution in [3.8, 4) is 22.1 Å². The Labute approximate surface area is 122 Å². The van der Waals surface area contributed by atoms with Crippen LogP contribution >= 0.6 is 27.3 Å². The summed E-state index contributed by atoms with van der Waals surface area (Å²) in [4.78, 5) is 15.6. The molecule has 0 N–H and O–H groups in total. The fourth-order valence-corrected chi connectivity index (χ4v) is 3.21. The first kappa shape index (κ1) is 12.6. The average Bonchev–Trinajstić information content (AvgIpc) is 2.88. The number of thiazole rings is 1. The van der Waals surface area contributed by atoms with E-state index in [1.807, 2.05) is 12.1 Å². The normalized spacial score (nSPS) is 13.4. The minimum absolute atomic E-state index is 0.0286. The van der Waals surface area contributed by atoms with Crippen molar-refractivity contribution in [1.82, 2.24) is 4.98 Å². The smallest absolute Gasteiger partial charge is 0.178 e. The van der Waals surface area contributed by atoms with Gasteiger partial charge in [-0.1, -0.05) is 0 Å². The van der Waals surface area contributed by atoms with Crippen LogP contribution in [0, 0.1) is 0 Å². The third-order valence-electron chi connectivity index (χ3n) is 2.71. The van der Waals surface area contributed by atoms with Crippen LogP contribution in [0.15, 0.2) is 22.0 Å². The molecule has 0 radical (unpaired) electrons. The number of fused-ring (bicyclic) bond motifs is 1. The molecule has 1 aromatic heterocycles. The Kier molecular flexibility index (Phi) is 3.28. The van der Waals surface area contributed by atoms with Gasteiger partial charge < -0.3 is 9.47 Å². The minimum Gasteiger partial charge on any atom is -0.486 e. The molecule has 0 unspecified atom stereocenters. The third kappa shape index (κ3) is 2.37. The van der Waals surface area contributed by atoms with Crippen LogP contribution in [0.4, 0.5) is 0 Å². The Balaban J connectivity index is 2.05. The molecule has 3 rings (SSSR count). The van der Waals surface area contributed by atoms with Gasteiger partial charge in [-0.05, 0) is 28.1 Å². The van der Waals surface area contributed by atoms with E-state index in [-0.39, 0.29) is 5.78 Å². The lowest BCUT2D eigenvalue weighted by molar-refractivity contribution is 0.101. The van der Waals surface area contributed by atoms with Crippen LogP contribution in [-0.4, -0.2) is 24.0 Å². The monoisotopic (exact) mass is 339 g/mol. The molecule has 0 bridgehead atoms. The highest BCUT2D eigenvalue weighted by atomic mass is 79.9. The second-order valence-electron chi connectivity index (χ2n) is 4.08. The molecule has 19 heavy (non-hydrogen) atoms. The molecule has 0 atom stereocenters. The SMILES string of the molecule is CC(=O)c1csc(-c2cc(Br)c3c(c2)OCCO3)n1. The van der Waals surface area contributed by atoms with Crippen molar-refractivity contribution in [3.05, 3.63) is 27.7 Å². The molecule has 0 amide bonds. The van der Waals surface area contributed by atoms with E-state index in [9.17, 15) is 4.79 Å². The topological polar surface area (TPSA) is 48.4 Å². The number of carbonyl (C=O) groups excluding carboxylic acids is 1. The van der Waals surface area contributed by atoms with Crippen LogP contribution in [-0.2, 0) is 0 Å². The average molecular weight is 340 g/mol. The van der Waals surface area contributed by atoms with Crippen LogP contribution < -0.4 is 9.47 Å². The molecular weight excluding hydrogens is 330 g/mol. The highest BCUT2D eigenvalue weighted by Gasteiger charge is 2.18. The van der Waals surface area contributed by atoms with Crippen LogP contribution in [0.2, 0.25) is 0 Å². The predicted octanol–water partition coefficient (Wildman–Crippen LogP) is 3.55. The lowest BCUT2D eigenvalue weighted by Gasteiger charge is -2.20. The molecule has 6 heteroatoms. The van der Waals surface area contributed by atoms with E-state index in [0.29, 0.717) is 24.7 Å². The van der Waals surface area contributed by atoms with E-state index in [1.54, 1.807) is 5.38 Å². The molecule has 0 saturated heterocycles. The van der Waals surface area contributed by atoms with E-state index in [4.69, 9.17) is 9.47 Å². The zero-order valence-electron chi connectivity index (χ0n) is 10.1. The maximum Gasteiger partial charge on any atom is 0.178 e. The molecule has 1 aliphatic rings. The number of ketones is 1. The van der Waals surface area contributed by atoms with Gasteiger partial charge in [0, 0.05) is 17.9 Å². The van der Waals surface area contributed by atoms with Gasteiger partial charge in [0.25, 0.3) is 0 Å². The van der Waals surface area contributed by atoms with Gasteiger partial charge in [-0.25, -0.2) is 4.98 Å². The lowest BCUT2D eigenvalue weighted by atomic mass is 10.2. The summed E-state index contributed by atoms with van der Waals surface area (Å²) in [6, 6.07) is 3.82. The van der Waals surface area contributed by atoms with Gasteiger partial charge in [-0.2, -0.15) is 0 Å². The first-order valence-electron chi connectivity index (χ1n) is 5.71. The standard InChI is InChI=1S/C13H10BrNO3S/c1-7(16)10-6-19-13(15-10)8-4-9(14)12-11(5-8)17-2-3-18-12/h4-6H,2-3H2,1H3. The summed E-state index contributed by atoms with van der Waals surface area (Å²) in [5.74, 6) is 1.40. The number of rotatable bonds is 2. The minimum atomic E-state index is -0.0286. The van der Waals surface area contributed by atoms with Gasteiger partial charge in [-0.3, -0.25) is 4.79 Å². The zero-order chi connectivity index (χ0) is 13.4. The maximum atomic E-state index is 11.3. The molecule has 0 aliphatic carbocycles. The largest absolute Gasteiger partial charge is 0.486 e. The van der Waals surface area contributed by atoms with Crippen molar-refractivity contribution < 1.29 is 14.3 Å². The quantitative estimate of drug-likeness (QED) is 0.785. The number of hydrogen-bond acceptors (Lipinski definition) is 5. The molecule has 2 aromatic rings. The molecule has 0 saturated carbocycles. The first-order valence-corrected chi connectivity index (χ1v) is 7.38. The summed E-state index contributed by atoms with van der Waals surface area (Å²) in [5, 5.41) is 2.56. The van der Waals surface area contributed by atoms with Crippen molar-refractivity contribution in [1.29, 1.82) is 0 Å². The molecule has 1 aromatic carbocycles. The van der Waals surface area contributed by atoms with Crippen LogP contribution in [0.25, 0.3) is 10.6 Å². The van der Waals surface area contributed by atoms with E-state index >= 15 is 0 Å². The molecule has 0 fully saturated rings. The van der Waals surface area contributed by atoms with Gasteiger partial charge in [0.1, 0.15) is 23.9 Å². The van der Waals surface area contributed by atoms with Gasteiger partial charge in [0.2, 0.25) is 0 Å². The van der Waals surface area contributed by atoms with Crippen molar-refractivity contribution in [2.24, 2.45) is 0 Å². The van der Waals surface area contributed by atoms with Crippen LogP contribution in [0.5, 0.6) is 11.5 Å². The number of halogens is 1. The molecule has 0 spiro atoms. The molecule has 4 nitrogen and oxygen atoms in total. The van der Waals surface area contributed by atoms with Crippen LogP contribution in [0.3, 0.4) is 0 Å². The van der Waals surface area contributed by atoms with Gasteiger partial charge in [-0.15, -0.1) is 11.3 Å². The lowest BCUT2D eigenvalue weighted by Crippen LogP contribution is -2.15. The summed E-state index contributed by atoms with van der Waals surface area (Å²) in [7, 11) is 0. The Morgan fingerprint density at radius 1 is 1.37 bits per heavy atom. The first-order chi connectivity index (χ1) is 9.15. The molecule has 2 heterocycles. The number of hydrogen-bond donors (Lipinski definition) is 0. The summed E-state index contributed by atoms with van der Waals surface area (Å²) in [5.41, 5.74) is 1.40. The van der Waals surface area contributed by atoms with E-state index in [2.05, 4.69) is 20.9 Å². The number of aromatic nitrogens is 1. The summed E-state index contributed by atoms with van der Waals surface area (Å²) >= 11 is 4.91. The number of nitrogens with zero attached hydrogens (tertiary/aromatic N) is 1. The Morgan fingerprint density at radius 3 is 2.89 bits per heavy atom. The van der Waals surface area contributed by atoms with E-state index in [0.717, 1.165) is 20.8 Å². The second kappa shape index (κ2) is 4.94. The van der Waals surface area contributed by atoms with Crippen molar-refractivity contribution in [2.45, 2.75) is 6.92 Å². The number of ether oxygens (including phenoxy) is 2. The molecular formula is C13H10BrNO3S. The number of carbonyl (C=O) groups is 1. The van der Waals surface area contributed by atoms with E-state index in [1.165, 1.54) is 18.3 Å². The number of Topliss-reactive ketones (excluding diaryl/α,β-unsaturated/α-hetero) is 1. The van der Waals surface area contributed by atoms with Gasteiger partial charge >= 0.3 is 0 Å². The number of benzene rings is 1. The summed E-state index contributed by atoms with van der Waals surface area (Å²) in [6.07, 6.45) is 0. The van der Waals surface area contributed by atoms with Gasteiger partial charge in [0.15, 0.2) is 17.3 Å². The van der Waals surface area contributed by atoms with Gasteiger partial charge in [0.05, 0.1) is 4.47 Å². The predicted molar refractivity (Wildman–Crippen MR) is 76.2 cm³/mol. The van der Waals surface area contributed by atoms with Crippen molar-refractivity contribution in [3.63, 3.8) is 0 Å². The van der Waals surface area contributed by atoms with Crippen molar-refractivity contribution >= 4 is 33.0 Å². The Hall–Kier alpha value is -1.40. The highest BCUT2D eigenvalue weighted by molar-refractivity contribution is 9.10. The molecule has 1 aliphatic heterocycles. The van der Waals surface area contributed by atoms with E-state index < -0.39 is 0 Å². The molecule has 98 valence electrons. The van der Waals surface area contributed by atoms with Crippen molar-refractivity contribution in [2.75, 3.05) is 13.2 Å². The second-order valence-corrected chi connectivity index (χ2v) is 5.79. The third-order valence-corrected chi connectivity index (χ3v) is 4.19. The Morgan fingerprint density at radius 2 is 2.16 bits per heavy atom. The Bertz CT molecular complexity index is 653. The maximum absolute atomic E-state index is 11.3. The summed E-state index contributed by atoms with van der Waals surface area (Å²) < 4.78 is 12.0. The van der Waals surface area contributed by atoms with Crippen LogP contribution in [0.1, 0.15) is 17.4 Å². The summed E-state index contributed by atoms with van der Waals surface area (Å²) in [6.45, 7) is 2.61. The zero-order valence-corrected chi connectivity index (χ0v) is 12.5.